The summed E-state index contributed by atoms with van der Waals surface area (Å²) in [6.45, 7) is 7.03. The largest absolute Gasteiger partial charge is 0.490 e. The molecule has 5 heteroatoms. The fourth-order valence-electron chi connectivity index (χ4n) is 2.65. The fourth-order valence-corrected chi connectivity index (χ4v) is 2.95. The quantitative estimate of drug-likeness (QED) is 0.670. The predicted octanol–water partition coefficient (Wildman–Crippen LogP) is 4.21. The van der Waals surface area contributed by atoms with Gasteiger partial charge < -0.3 is 10.1 Å². The van der Waals surface area contributed by atoms with Crippen molar-refractivity contribution in [1.29, 1.82) is 0 Å². The highest BCUT2D eigenvalue weighted by Crippen LogP contribution is 2.22. The van der Waals surface area contributed by atoms with Gasteiger partial charge in [-0.2, -0.15) is 0 Å². The number of carbonyl (C=O) groups excluding carboxylic acids is 1. The first-order valence-corrected chi connectivity index (χ1v) is 8.92. The van der Waals surface area contributed by atoms with Gasteiger partial charge in [-0.25, -0.2) is 0 Å². The van der Waals surface area contributed by atoms with Gasteiger partial charge in [0.25, 0.3) is 0 Å². The topological polar surface area (TPSA) is 41.6 Å². The Morgan fingerprint density at radius 3 is 2.62 bits per heavy atom. The van der Waals surface area contributed by atoms with Crippen LogP contribution in [0.5, 0.6) is 5.75 Å². The van der Waals surface area contributed by atoms with Crippen LogP contribution in [0.25, 0.3) is 0 Å². The van der Waals surface area contributed by atoms with E-state index in [1.807, 2.05) is 67.4 Å². The van der Waals surface area contributed by atoms with Gasteiger partial charge in [-0.15, -0.1) is 0 Å². The van der Waals surface area contributed by atoms with Crippen LogP contribution in [-0.4, -0.2) is 31.0 Å². The lowest BCUT2D eigenvalue weighted by Gasteiger charge is -2.20. The highest BCUT2D eigenvalue weighted by molar-refractivity contribution is 6.31. The maximum absolute atomic E-state index is 12.3. The molecular formula is C21H25ClN2O2. The van der Waals surface area contributed by atoms with Crippen molar-refractivity contribution in [3.63, 3.8) is 0 Å². The summed E-state index contributed by atoms with van der Waals surface area (Å²) in [6.07, 6.45) is 1.71. The Morgan fingerprint density at radius 2 is 1.96 bits per heavy atom. The molecule has 0 aliphatic heterocycles. The molecule has 2 aromatic rings. The average Bonchev–Trinajstić information content (AvgIpc) is 2.61. The third-order valence-corrected chi connectivity index (χ3v) is 4.25. The minimum Gasteiger partial charge on any atom is -0.490 e. The van der Waals surface area contributed by atoms with Gasteiger partial charge >= 0.3 is 0 Å². The van der Waals surface area contributed by atoms with E-state index in [1.165, 1.54) is 0 Å². The van der Waals surface area contributed by atoms with Crippen LogP contribution in [-0.2, 0) is 11.3 Å². The third kappa shape index (κ3) is 6.21. The number of rotatable bonds is 9. The Bertz CT molecular complexity index is 731. The highest BCUT2D eigenvalue weighted by Gasteiger charge is 2.13. The second-order valence-electron chi connectivity index (χ2n) is 6.23. The molecule has 0 aliphatic rings. The van der Waals surface area contributed by atoms with E-state index in [9.17, 15) is 4.79 Å². The van der Waals surface area contributed by atoms with E-state index in [0.29, 0.717) is 24.7 Å². The summed E-state index contributed by atoms with van der Waals surface area (Å²) in [5.74, 6) is 0.772. The zero-order chi connectivity index (χ0) is 18.9. The Kier molecular flexibility index (Phi) is 7.70. The first-order chi connectivity index (χ1) is 12.5. The summed E-state index contributed by atoms with van der Waals surface area (Å²) in [5, 5.41) is 3.65. The number of ether oxygens (including phenoxy) is 1. The summed E-state index contributed by atoms with van der Waals surface area (Å²) < 4.78 is 5.47. The lowest BCUT2D eigenvalue weighted by atomic mass is 10.1. The van der Waals surface area contributed by atoms with Crippen LogP contribution in [0.3, 0.4) is 0 Å². The minimum atomic E-state index is -0.133. The number of benzene rings is 2. The summed E-state index contributed by atoms with van der Waals surface area (Å²) in [6, 6.07) is 15.3. The Balaban J connectivity index is 1.83. The van der Waals surface area contributed by atoms with Crippen molar-refractivity contribution in [2.75, 3.05) is 20.2 Å². The van der Waals surface area contributed by atoms with E-state index < -0.39 is 0 Å². The van der Waals surface area contributed by atoms with E-state index in [2.05, 4.69) is 11.9 Å². The number of halogens is 1. The van der Waals surface area contributed by atoms with E-state index in [1.54, 1.807) is 6.08 Å². The van der Waals surface area contributed by atoms with Crippen LogP contribution in [0.4, 0.5) is 0 Å². The third-order valence-electron chi connectivity index (χ3n) is 3.91. The molecule has 1 unspecified atom stereocenters. The molecular weight excluding hydrogens is 348 g/mol. The Morgan fingerprint density at radius 1 is 1.27 bits per heavy atom. The summed E-state index contributed by atoms with van der Waals surface area (Å²) in [5.41, 5.74) is 2.03. The van der Waals surface area contributed by atoms with Gasteiger partial charge in [0.05, 0.1) is 12.6 Å². The zero-order valence-electron chi connectivity index (χ0n) is 15.2. The molecule has 0 saturated carbocycles. The number of amides is 1. The summed E-state index contributed by atoms with van der Waals surface area (Å²) in [7, 11) is 1.92. The van der Waals surface area contributed by atoms with Gasteiger partial charge in [-0.3, -0.25) is 9.69 Å². The Hall–Kier alpha value is -2.30. The van der Waals surface area contributed by atoms with Crippen LogP contribution in [0.15, 0.2) is 61.2 Å². The number of carbonyl (C=O) groups is 1. The average molecular weight is 373 g/mol. The predicted molar refractivity (Wildman–Crippen MR) is 106 cm³/mol. The van der Waals surface area contributed by atoms with Crippen LogP contribution < -0.4 is 10.1 Å². The van der Waals surface area contributed by atoms with Gasteiger partial charge in [0.1, 0.15) is 12.4 Å². The molecule has 1 N–H and O–H groups in total. The van der Waals surface area contributed by atoms with Gasteiger partial charge in [0.15, 0.2) is 0 Å². The maximum atomic E-state index is 12.3. The van der Waals surface area contributed by atoms with Crippen molar-refractivity contribution < 1.29 is 9.53 Å². The molecule has 138 valence electrons. The smallest absolute Gasteiger partial charge is 0.234 e. The number of hydrogen-bond donors (Lipinski definition) is 1. The number of nitrogens with zero attached hydrogens (tertiary/aromatic N) is 1. The molecule has 0 aromatic heterocycles. The van der Waals surface area contributed by atoms with Crippen molar-refractivity contribution in [3.05, 3.63) is 77.3 Å². The SMILES string of the molecule is C=CCOc1ccc(CN(C)CC(=O)NC(C)c2ccccc2Cl)cc1. The van der Waals surface area contributed by atoms with Gasteiger partial charge in [0.2, 0.25) is 5.91 Å². The fraction of sp³-hybridized carbons (Fsp3) is 0.286. The minimum absolute atomic E-state index is 0.0362. The summed E-state index contributed by atoms with van der Waals surface area (Å²) >= 11 is 6.18. The van der Waals surface area contributed by atoms with E-state index in [0.717, 1.165) is 16.9 Å². The van der Waals surface area contributed by atoms with Crippen LogP contribution in [0, 0.1) is 0 Å². The normalized spacial score (nSPS) is 11.8. The molecule has 0 saturated heterocycles. The lowest BCUT2D eigenvalue weighted by molar-refractivity contribution is -0.122. The Labute approximate surface area is 160 Å². The number of likely N-dealkylation sites (N-methyl/N-ethyl adjacent to an activating group) is 1. The monoisotopic (exact) mass is 372 g/mol. The molecule has 0 aliphatic carbocycles. The van der Waals surface area contributed by atoms with Crippen molar-refractivity contribution in [3.8, 4) is 5.75 Å². The standard InChI is InChI=1S/C21H25ClN2O2/c1-4-13-26-18-11-9-17(10-12-18)14-24(3)15-21(25)23-16(2)19-7-5-6-8-20(19)22/h4-12,16H,1,13-15H2,2-3H3,(H,23,25). The van der Waals surface area contributed by atoms with Crippen molar-refractivity contribution in [2.24, 2.45) is 0 Å². The van der Waals surface area contributed by atoms with Gasteiger partial charge in [0, 0.05) is 11.6 Å². The van der Waals surface area contributed by atoms with Crippen molar-refractivity contribution >= 4 is 17.5 Å². The molecule has 1 atom stereocenters. The molecule has 0 fully saturated rings. The van der Waals surface area contributed by atoms with E-state index in [4.69, 9.17) is 16.3 Å². The lowest BCUT2D eigenvalue weighted by Crippen LogP contribution is -2.36. The van der Waals surface area contributed by atoms with Crippen molar-refractivity contribution in [1.82, 2.24) is 10.2 Å². The molecule has 1 amide bonds. The maximum Gasteiger partial charge on any atom is 0.234 e. The zero-order valence-corrected chi connectivity index (χ0v) is 16.0. The van der Waals surface area contributed by atoms with Crippen LogP contribution in [0.2, 0.25) is 5.02 Å². The van der Waals surface area contributed by atoms with Crippen LogP contribution in [0.1, 0.15) is 24.1 Å². The molecule has 2 rings (SSSR count). The molecule has 26 heavy (non-hydrogen) atoms. The number of nitrogens with one attached hydrogen (secondary N) is 1. The van der Waals surface area contributed by atoms with Gasteiger partial charge in [-0.1, -0.05) is 54.6 Å². The van der Waals surface area contributed by atoms with E-state index in [-0.39, 0.29) is 11.9 Å². The first kappa shape index (κ1) is 20.0. The molecule has 0 bridgehead atoms. The summed E-state index contributed by atoms with van der Waals surface area (Å²) in [4.78, 5) is 14.3. The van der Waals surface area contributed by atoms with E-state index >= 15 is 0 Å². The molecule has 0 radical (unpaired) electrons. The second kappa shape index (κ2) is 10.00. The molecule has 0 spiro atoms. The molecule has 4 nitrogen and oxygen atoms in total. The first-order valence-electron chi connectivity index (χ1n) is 8.54. The van der Waals surface area contributed by atoms with Crippen molar-refractivity contribution in [2.45, 2.75) is 19.5 Å². The number of hydrogen-bond acceptors (Lipinski definition) is 3. The second-order valence-corrected chi connectivity index (χ2v) is 6.63. The van der Waals surface area contributed by atoms with Crippen LogP contribution >= 0.6 is 11.6 Å². The molecule has 0 heterocycles. The molecule has 2 aromatic carbocycles. The highest BCUT2D eigenvalue weighted by atomic mass is 35.5. The van der Waals surface area contributed by atoms with Gasteiger partial charge in [-0.05, 0) is 43.3 Å².